The molecule has 0 amide bonds. The molecule has 0 aromatic carbocycles. The van der Waals surface area contributed by atoms with Gasteiger partial charge >= 0.3 is 11.9 Å². The Morgan fingerprint density at radius 3 is 1.25 bits per heavy atom. The van der Waals surface area contributed by atoms with Crippen molar-refractivity contribution >= 4 is 11.9 Å². The van der Waals surface area contributed by atoms with Crippen molar-refractivity contribution in [1.29, 1.82) is 0 Å². The fourth-order valence-corrected chi connectivity index (χ4v) is 7.12. The van der Waals surface area contributed by atoms with Crippen molar-refractivity contribution in [1.82, 2.24) is 4.90 Å². The van der Waals surface area contributed by atoms with Crippen LogP contribution in [0.1, 0.15) is 253 Å². The van der Waals surface area contributed by atoms with Gasteiger partial charge in [-0.2, -0.15) is 0 Å². The van der Waals surface area contributed by atoms with Gasteiger partial charge in [0.05, 0.1) is 6.61 Å². The Hall–Kier alpha value is -1.10. The van der Waals surface area contributed by atoms with Gasteiger partial charge in [-0.15, -0.1) is 0 Å². The van der Waals surface area contributed by atoms with E-state index >= 15 is 0 Å². The van der Waals surface area contributed by atoms with Crippen LogP contribution in [0.3, 0.4) is 0 Å². The van der Waals surface area contributed by atoms with Crippen LogP contribution >= 0.6 is 0 Å². The molecule has 0 aliphatic heterocycles. The molecule has 0 fully saturated rings. The van der Waals surface area contributed by atoms with Crippen LogP contribution in [0.25, 0.3) is 0 Å². The molecule has 304 valence electrons. The topological polar surface area (TPSA) is 55.8 Å². The van der Waals surface area contributed by atoms with Crippen LogP contribution in [-0.2, 0) is 19.1 Å². The number of unbranched alkanes of at least 4 members (excludes halogenated alkanes) is 24. The first-order valence-electron chi connectivity index (χ1n) is 22.8. The van der Waals surface area contributed by atoms with Crippen LogP contribution in [0.5, 0.6) is 0 Å². The van der Waals surface area contributed by atoms with E-state index in [9.17, 15) is 9.59 Å². The molecule has 0 aliphatic carbocycles. The lowest BCUT2D eigenvalue weighted by atomic mass is 10.0. The average Bonchev–Trinajstić information content (AvgIpc) is 3.09. The molecule has 5 heteroatoms. The third-order valence-corrected chi connectivity index (χ3v) is 10.6. The Labute approximate surface area is 319 Å². The Kier molecular flexibility index (Phi) is 36.4. The van der Waals surface area contributed by atoms with Crippen LogP contribution in [0.2, 0.25) is 0 Å². The van der Waals surface area contributed by atoms with Gasteiger partial charge in [0.25, 0.3) is 0 Å². The summed E-state index contributed by atoms with van der Waals surface area (Å²) in [5.41, 5.74) is 0.153. The van der Waals surface area contributed by atoms with E-state index in [2.05, 4.69) is 46.4 Å². The number of hydrogen-bond donors (Lipinski definition) is 0. The minimum Gasteiger partial charge on any atom is -0.466 e. The van der Waals surface area contributed by atoms with Crippen LogP contribution in [0.4, 0.5) is 0 Å². The summed E-state index contributed by atoms with van der Waals surface area (Å²) in [6.45, 7) is 16.5. The first kappa shape index (κ1) is 49.9. The standard InChI is InChI=1S/C46H91NO4/c1-7-10-13-16-19-20-21-27-35-42-50-44(48)38-32-28-34-41-47(46(4,5)6)40-33-26-22-25-31-39-45(49)51-43(36-29-23-17-14-11-8-2)37-30-24-18-15-12-9-3/h43H,7-42H2,1-6H3. The molecule has 0 saturated carbocycles. The van der Waals surface area contributed by atoms with Crippen LogP contribution < -0.4 is 0 Å². The van der Waals surface area contributed by atoms with Crippen LogP contribution in [-0.4, -0.2) is 48.2 Å². The fraction of sp³-hybridized carbons (Fsp3) is 0.957. The van der Waals surface area contributed by atoms with Crippen molar-refractivity contribution in [3.63, 3.8) is 0 Å². The fourth-order valence-electron chi connectivity index (χ4n) is 7.12. The summed E-state index contributed by atoms with van der Waals surface area (Å²) >= 11 is 0. The highest BCUT2D eigenvalue weighted by Gasteiger charge is 2.20. The van der Waals surface area contributed by atoms with Crippen LogP contribution in [0, 0.1) is 0 Å². The van der Waals surface area contributed by atoms with E-state index in [0.717, 1.165) is 64.5 Å². The first-order chi connectivity index (χ1) is 24.7. The Bertz CT molecular complexity index is 732. The van der Waals surface area contributed by atoms with E-state index in [4.69, 9.17) is 9.47 Å². The molecule has 0 radical (unpaired) electrons. The Morgan fingerprint density at radius 2 is 0.804 bits per heavy atom. The third-order valence-electron chi connectivity index (χ3n) is 10.6. The van der Waals surface area contributed by atoms with Gasteiger partial charge in [-0.1, -0.05) is 162 Å². The summed E-state index contributed by atoms with van der Waals surface area (Å²) < 4.78 is 11.5. The van der Waals surface area contributed by atoms with E-state index in [0.29, 0.717) is 19.4 Å². The molecular weight excluding hydrogens is 631 g/mol. The zero-order valence-electron chi connectivity index (χ0n) is 35.6. The summed E-state index contributed by atoms with van der Waals surface area (Å²) in [6.07, 6.45) is 39.2. The Morgan fingerprint density at radius 1 is 0.451 bits per heavy atom. The van der Waals surface area contributed by atoms with Crippen molar-refractivity contribution in [3.05, 3.63) is 0 Å². The normalized spacial score (nSPS) is 11.9. The first-order valence-corrected chi connectivity index (χ1v) is 22.8. The molecule has 0 heterocycles. The monoisotopic (exact) mass is 722 g/mol. The van der Waals surface area contributed by atoms with E-state index in [1.807, 2.05) is 0 Å². The maximum atomic E-state index is 12.7. The molecule has 0 N–H and O–H groups in total. The number of carbonyl (C=O) groups is 2. The molecule has 0 unspecified atom stereocenters. The predicted octanol–water partition coefficient (Wildman–Crippen LogP) is 14.5. The molecule has 0 aliphatic rings. The minimum absolute atomic E-state index is 0.0170. The molecule has 51 heavy (non-hydrogen) atoms. The second-order valence-electron chi connectivity index (χ2n) is 16.8. The van der Waals surface area contributed by atoms with Crippen molar-refractivity contribution in [2.24, 2.45) is 0 Å². The van der Waals surface area contributed by atoms with Gasteiger partial charge in [0, 0.05) is 18.4 Å². The van der Waals surface area contributed by atoms with Gasteiger partial charge in [0.1, 0.15) is 6.10 Å². The largest absolute Gasteiger partial charge is 0.466 e. The molecule has 0 aromatic rings. The molecule has 0 bridgehead atoms. The maximum Gasteiger partial charge on any atom is 0.306 e. The van der Waals surface area contributed by atoms with Crippen molar-refractivity contribution in [2.45, 2.75) is 265 Å². The quantitative estimate of drug-likeness (QED) is 0.0467. The van der Waals surface area contributed by atoms with Gasteiger partial charge < -0.3 is 9.47 Å². The molecule has 0 spiro atoms. The summed E-state index contributed by atoms with van der Waals surface area (Å²) in [4.78, 5) is 27.5. The van der Waals surface area contributed by atoms with E-state index in [-0.39, 0.29) is 23.6 Å². The van der Waals surface area contributed by atoms with Crippen molar-refractivity contribution in [3.8, 4) is 0 Å². The van der Waals surface area contributed by atoms with Gasteiger partial charge in [0.15, 0.2) is 0 Å². The minimum atomic E-state index is -0.0170. The zero-order chi connectivity index (χ0) is 37.7. The number of esters is 2. The van der Waals surface area contributed by atoms with Crippen LogP contribution in [0.15, 0.2) is 0 Å². The van der Waals surface area contributed by atoms with E-state index < -0.39 is 0 Å². The Balaban J connectivity index is 4.08. The molecule has 5 nitrogen and oxygen atoms in total. The summed E-state index contributed by atoms with van der Waals surface area (Å²) in [5, 5.41) is 0. The lowest BCUT2D eigenvalue weighted by Crippen LogP contribution is -2.42. The number of rotatable bonds is 39. The number of ether oxygens (including phenoxy) is 2. The average molecular weight is 722 g/mol. The van der Waals surface area contributed by atoms with Gasteiger partial charge in [0.2, 0.25) is 0 Å². The highest BCUT2D eigenvalue weighted by molar-refractivity contribution is 5.69. The third kappa shape index (κ3) is 35.7. The molecule has 0 aromatic heterocycles. The smallest absolute Gasteiger partial charge is 0.306 e. The van der Waals surface area contributed by atoms with E-state index in [1.165, 1.54) is 148 Å². The lowest BCUT2D eigenvalue weighted by Gasteiger charge is -2.36. The van der Waals surface area contributed by atoms with Crippen molar-refractivity contribution in [2.75, 3.05) is 19.7 Å². The highest BCUT2D eigenvalue weighted by Crippen LogP contribution is 2.20. The second-order valence-corrected chi connectivity index (χ2v) is 16.8. The van der Waals surface area contributed by atoms with Crippen molar-refractivity contribution < 1.29 is 19.1 Å². The van der Waals surface area contributed by atoms with Gasteiger partial charge in [-0.3, -0.25) is 14.5 Å². The summed E-state index contributed by atoms with van der Waals surface area (Å²) in [6, 6.07) is 0. The molecular formula is C46H91NO4. The molecule has 0 atom stereocenters. The zero-order valence-corrected chi connectivity index (χ0v) is 35.6. The van der Waals surface area contributed by atoms with E-state index in [1.54, 1.807) is 0 Å². The number of hydrogen-bond acceptors (Lipinski definition) is 5. The number of nitrogens with zero attached hydrogens (tertiary/aromatic N) is 1. The predicted molar refractivity (Wildman–Crippen MR) is 222 cm³/mol. The summed E-state index contributed by atoms with van der Waals surface area (Å²) in [5.74, 6) is 0.0135. The second kappa shape index (κ2) is 37.2. The molecule has 0 rings (SSSR count). The maximum absolute atomic E-state index is 12.7. The molecule has 0 saturated heterocycles. The van der Waals surface area contributed by atoms with Gasteiger partial charge in [-0.25, -0.2) is 0 Å². The summed E-state index contributed by atoms with van der Waals surface area (Å²) in [7, 11) is 0. The van der Waals surface area contributed by atoms with Gasteiger partial charge in [-0.05, 0) is 91.6 Å². The number of carbonyl (C=O) groups excluding carboxylic acids is 2. The highest BCUT2D eigenvalue weighted by atomic mass is 16.5. The SMILES string of the molecule is CCCCCCCCCCCOC(=O)CCCCCN(CCCCCCCC(=O)OC(CCCCCCCC)CCCCCCCC)C(C)(C)C. The lowest BCUT2D eigenvalue weighted by molar-refractivity contribution is -0.150.